The van der Waals surface area contributed by atoms with Crippen molar-refractivity contribution in [2.24, 2.45) is 0 Å². The highest BCUT2D eigenvalue weighted by atomic mass is 16.5. The van der Waals surface area contributed by atoms with Gasteiger partial charge < -0.3 is 15.4 Å². The summed E-state index contributed by atoms with van der Waals surface area (Å²) in [5.74, 6) is 0.646. The number of hydrogen-bond acceptors (Lipinski definition) is 4. The number of hydrogen-bond donors (Lipinski definition) is 2. The maximum absolute atomic E-state index is 12.3. The van der Waals surface area contributed by atoms with E-state index >= 15 is 0 Å². The molecule has 1 heterocycles. The summed E-state index contributed by atoms with van der Waals surface area (Å²) >= 11 is 0. The van der Waals surface area contributed by atoms with E-state index in [9.17, 15) is 4.79 Å². The van der Waals surface area contributed by atoms with Gasteiger partial charge in [-0.2, -0.15) is 0 Å². The lowest BCUT2D eigenvalue weighted by molar-refractivity contribution is 0.0949. The van der Waals surface area contributed by atoms with E-state index < -0.39 is 0 Å². The van der Waals surface area contributed by atoms with Gasteiger partial charge in [-0.25, -0.2) is 4.98 Å². The molecule has 1 amide bonds. The average Bonchev–Trinajstić information content (AvgIpc) is 2.75. The van der Waals surface area contributed by atoms with E-state index in [4.69, 9.17) is 4.74 Å². The Morgan fingerprint density at radius 3 is 2.46 bits per heavy atom. The number of para-hydroxylation sites is 2. The summed E-state index contributed by atoms with van der Waals surface area (Å²) in [7, 11) is 1.65. The van der Waals surface area contributed by atoms with Gasteiger partial charge in [0.05, 0.1) is 19.0 Å². The number of aryl methyl sites for hydroxylation is 1. The molecule has 5 heteroatoms. The minimum atomic E-state index is -0.185. The molecule has 0 aliphatic carbocycles. The number of carbonyl (C=O) groups is 1. The zero-order chi connectivity index (χ0) is 19.8. The van der Waals surface area contributed by atoms with Crippen molar-refractivity contribution in [3.8, 4) is 5.75 Å². The van der Waals surface area contributed by atoms with Crippen LogP contribution in [0.25, 0.3) is 0 Å². The molecule has 2 aromatic carbocycles. The van der Waals surface area contributed by atoms with E-state index in [0.717, 1.165) is 29.1 Å². The van der Waals surface area contributed by atoms with E-state index in [-0.39, 0.29) is 5.91 Å². The van der Waals surface area contributed by atoms with Crippen LogP contribution >= 0.6 is 0 Å². The van der Waals surface area contributed by atoms with Crippen molar-refractivity contribution in [1.82, 2.24) is 10.3 Å². The zero-order valence-electron chi connectivity index (χ0n) is 16.2. The van der Waals surface area contributed by atoms with Crippen molar-refractivity contribution in [1.29, 1.82) is 0 Å². The molecule has 0 fully saturated rings. The van der Waals surface area contributed by atoms with E-state index in [1.807, 2.05) is 48.5 Å². The molecule has 0 aliphatic rings. The molecular weight excluding hydrogens is 350 g/mol. The Morgan fingerprint density at radius 1 is 1.00 bits per heavy atom. The van der Waals surface area contributed by atoms with Crippen LogP contribution in [0.2, 0.25) is 0 Å². The third-order valence-electron chi connectivity index (χ3n) is 4.55. The highest BCUT2D eigenvalue weighted by Gasteiger charge is 2.08. The number of anilines is 2. The summed E-state index contributed by atoms with van der Waals surface area (Å²) in [6.45, 7) is 2.64. The summed E-state index contributed by atoms with van der Waals surface area (Å²) < 4.78 is 5.33. The highest BCUT2D eigenvalue weighted by Crippen LogP contribution is 2.21. The lowest BCUT2D eigenvalue weighted by atomic mass is 10.1. The first kappa shape index (κ1) is 19.4. The molecule has 3 rings (SSSR count). The molecule has 0 bridgehead atoms. The average molecular weight is 375 g/mol. The second kappa shape index (κ2) is 9.55. The SMILES string of the molecule is CCc1ccccc1Nc1ccc(C(=O)NCCc2ccccc2OC)nc1. The van der Waals surface area contributed by atoms with E-state index in [1.54, 1.807) is 19.4 Å². The Kier molecular flexibility index (Phi) is 6.63. The van der Waals surface area contributed by atoms with Crippen molar-refractivity contribution < 1.29 is 9.53 Å². The molecule has 0 saturated carbocycles. The van der Waals surface area contributed by atoms with E-state index in [2.05, 4.69) is 28.6 Å². The molecule has 0 unspecified atom stereocenters. The van der Waals surface area contributed by atoms with Gasteiger partial charge in [0, 0.05) is 12.2 Å². The van der Waals surface area contributed by atoms with Crippen LogP contribution in [0.4, 0.5) is 11.4 Å². The van der Waals surface area contributed by atoms with Gasteiger partial charge in [-0.3, -0.25) is 4.79 Å². The molecule has 0 radical (unpaired) electrons. The van der Waals surface area contributed by atoms with Gasteiger partial charge in [0.25, 0.3) is 5.91 Å². The first-order valence-corrected chi connectivity index (χ1v) is 9.42. The van der Waals surface area contributed by atoms with E-state index in [0.29, 0.717) is 18.7 Å². The number of methoxy groups -OCH3 is 1. The molecule has 0 aliphatic heterocycles. The number of rotatable bonds is 8. The summed E-state index contributed by atoms with van der Waals surface area (Å²) in [4.78, 5) is 16.6. The van der Waals surface area contributed by atoms with Gasteiger partial charge in [0.15, 0.2) is 0 Å². The van der Waals surface area contributed by atoms with Crippen LogP contribution in [-0.2, 0) is 12.8 Å². The number of nitrogens with one attached hydrogen (secondary N) is 2. The minimum absolute atomic E-state index is 0.185. The van der Waals surface area contributed by atoms with Crippen LogP contribution in [0.5, 0.6) is 5.75 Å². The fourth-order valence-electron chi connectivity index (χ4n) is 3.02. The van der Waals surface area contributed by atoms with Crippen molar-refractivity contribution >= 4 is 17.3 Å². The second-order valence-electron chi connectivity index (χ2n) is 6.39. The topological polar surface area (TPSA) is 63.2 Å². The summed E-state index contributed by atoms with van der Waals surface area (Å²) in [5, 5.41) is 6.27. The fraction of sp³-hybridized carbons (Fsp3) is 0.217. The summed E-state index contributed by atoms with van der Waals surface area (Å²) in [6.07, 6.45) is 3.33. The van der Waals surface area contributed by atoms with Crippen molar-refractivity contribution in [2.45, 2.75) is 19.8 Å². The normalized spacial score (nSPS) is 10.4. The van der Waals surface area contributed by atoms with Crippen LogP contribution in [-0.4, -0.2) is 24.5 Å². The fourth-order valence-corrected chi connectivity index (χ4v) is 3.02. The first-order chi connectivity index (χ1) is 13.7. The lowest BCUT2D eigenvalue weighted by Crippen LogP contribution is -2.26. The number of amides is 1. The Labute approximate surface area is 165 Å². The lowest BCUT2D eigenvalue weighted by Gasteiger charge is -2.11. The number of ether oxygens (including phenoxy) is 1. The van der Waals surface area contributed by atoms with Crippen LogP contribution < -0.4 is 15.4 Å². The number of aromatic nitrogens is 1. The predicted molar refractivity (Wildman–Crippen MR) is 112 cm³/mol. The summed E-state index contributed by atoms with van der Waals surface area (Å²) in [5.41, 5.74) is 4.61. The third-order valence-corrected chi connectivity index (χ3v) is 4.55. The number of carbonyl (C=O) groups excluding carboxylic acids is 1. The Morgan fingerprint density at radius 2 is 1.75 bits per heavy atom. The number of nitrogens with zero attached hydrogens (tertiary/aromatic N) is 1. The van der Waals surface area contributed by atoms with Gasteiger partial charge in [-0.1, -0.05) is 43.3 Å². The molecule has 2 N–H and O–H groups in total. The van der Waals surface area contributed by atoms with Crippen LogP contribution in [0.15, 0.2) is 66.9 Å². The standard InChI is InChI=1S/C23H25N3O2/c1-3-17-8-4-6-10-20(17)26-19-12-13-21(25-16-19)23(27)24-15-14-18-9-5-7-11-22(18)28-2/h4-13,16,26H,3,14-15H2,1-2H3,(H,24,27). The van der Waals surface area contributed by atoms with Crippen molar-refractivity contribution in [3.05, 3.63) is 83.7 Å². The quantitative estimate of drug-likeness (QED) is 0.614. The van der Waals surface area contributed by atoms with E-state index in [1.165, 1.54) is 5.56 Å². The Hall–Kier alpha value is -3.34. The molecule has 28 heavy (non-hydrogen) atoms. The largest absolute Gasteiger partial charge is 0.496 e. The van der Waals surface area contributed by atoms with Gasteiger partial charge in [0.1, 0.15) is 11.4 Å². The third kappa shape index (κ3) is 4.88. The Balaban J connectivity index is 1.56. The monoisotopic (exact) mass is 375 g/mol. The van der Waals surface area contributed by atoms with Gasteiger partial charge in [0.2, 0.25) is 0 Å². The highest BCUT2D eigenvalue weighted by molar-refractivity contribution is 5.92. The molecule has 1 aromatic heterocycles. The number of pyridine rings is 1. The zero-order valence-corrected chi connectivity index (χ0v) is 16.2. The molecule has 3 aromatic rings. The predicted octanol–water partition coefficient (Wildman–Crippen LogP) is 4.37. The van der Waals surface area contributed by atoms with Gasteiger partial charge in [-0.05, 0) is 48.2 Å². The maximum atomic E-state index is 12.3. The van der Waals surface area contributed by atoms with Crippen LogP contribution in [0, 0.1) is 0 Å². The van der Waals surface area contributed by atoms with Crippen LogP contribution in [0.1, 0.15) is 28.5 Å². The molecular formula is C23H25N3O2. The molecule has 5 nitrogen and oxygen atoms in total. The molecule has 0 spiro atoms. The molecule has 0 saturated heterocycles. The van der Waals surface area contributed by atoms with Crippen LogP contribution in [0.3, 0.4) is 0 Å². The minimum Gasteiger partial charge on any atom is -0.496 e. The second-order valence-corrected chi connectivity index (χ2v) is 6.39. The first-order valence-electron chi connectivity index (χ1n) is 9.42. The van der Waals surface area contributed by atoms with Gasteiger partial charge >= 0.3 is 0 Å². The summed E-state index contributed by atoms with van der Waals surface area (Å²) in [6, 6.07) is 19.6. The Bertz CT molecular complexity index is 923. The molecule has 0 atom stereocenters. The van der Waals surface area contributed by atoms with Gasteiger partial charge in [-0.15, -0.1) is 0 Å². The number of benzene rings is 2. The van der Waals surface area contributed by atoms with Crippen molar-refractivity contribution in [3.63, 3.8) is 0 Å². The van der Waals surface area contributed by atoms with Crippen molar-refractivity contribution in [2.75, 3.05) is 19.0 Å². The smallest absolute Gasteiger partial charge is 0.269 e. The molecule has 144 valence electrons. The maximum Gasteiger partial charge on any atom is 0.269 e.